The molecule has 0 aromatic heterocycles. The number of hydrogen-bond acceptors (Lipinski definition) is 8. The van der Waals surface area contributed by atoms with E-state index in [4.69, 9.17) is 33.2 Å². The summed E-state index contributed by atoms with van der Waals surface area (Å²) in [6, 6.07) is 9.48. The number of alkyl carbamates (subject to hydrolysis) is 1. The summed E-state index contributed by atoms with van der Waals surface area (Å²) < 4.78 is 48.6. The Morgan fingerprint density at radius 1 is 0.656 bits per heavy atom. The van der Waals surface area contributed by atoms with Crippen LogP contribution in [0.1, 0.15) is 5.56 Å². The van der Waals surface area contributed by atoms with Crippen LogP contribution in [0.5, 0.6) is 0 Å². The highest BCUT2D eigenvalue weighted by atomic mass is 19.1. The summed E-state index contributed by atoms with van der Waals surface area (Å²) >= 11 is 0. The van der Waals surface area contributed by atoms with E-state index in [2.05, 4.69) is 5.32 Å². The predicted octanol–water partition coefficient (Wildman–Crippen LogP) is 1.98. The van der Waals surface area contributed by atoms with Crippen molar-refractivity contribution in [3.63, 3.8) is 0 Å². The second-order valence-electron chi connectivity index (χ2n) is 6.35. The van der Waals surface area contributed by atoms with Crippen molar-refractivity contribution in [2.45, 2.75) is 6.61 Å². The number of alkyl halides is 1. The van der Waals surface area contributed by atoms with Crippen LogP contribution in [0.4, 0.5) is 9.18 Å². The third-order valence-corrected chi connectivity index (χ3v) is 3.81. The zero-order chi connectivity index (χ0) is 23.0. The van der Waals surface area contributed by atoms with Crippen LogP contribution in [0.15, 0.2) is 30.3 Å². The molecular weight excluding hydrogens is 425 g/mol. The standard InChI is InChI=1S/C22H36FNO8/c23-6-8-26-10-12-28-14-16-30-18-19-31-17-15-29-13-11-27-9-7-24-22(25)32-20-21-4-2-1-3-5-21/h1-5H,6-20H2,(H,24,25). The third-order valence-electron chi connectivity index (χ3n) is 3.81. The van der Waals surface area contributed by atoms with Gasteiger partial charge in [-0.05, 0) is 5.56 Å². The van der Waals surface area contributed by atoms with Gasteiger partial charge in [-0.1, -0.05) is 30.3 Å². The Kier molecular flexibility index (Phi) is 19.7. The van der Waals surface area contributed by atoms with Gasteiger partial charge in [-0.3, -0.25) is 0 Å². The van der Waals surface area contributed by atoms with Gasteiger partial charge in [0.1, 0.15) is 13.3 Å². The number of rotatable bonds is 22. The maximum Gasteiger partial charge on any atom is 0.407 e. The first-order valence-electron chi connectivity index (χ1n) is 10.8. The van der Waals surface area contributed by atoms with Crippen molar-refractivity contribution in [1.29, 1.82) is 0 Å². The molecule has 0 aliphatic rings. The van der Waals surface area contributed by atoms with Crippen molar-refractivity contribution in [3.8, 4) is 0 Å². The molecule has 32 heavy (non-hydrogen) atoms. The van der Waals surface area contributed by atoms with Crippen molar-refractivity contribution in [3.05, 3.63) is 35.9 Å². The zero-order valence-electron chi connectivity index (χ0n) is 18.6. The van der Waals surface area contributed by atoms with E-state index in [1.807, 2.05) is 30.3 Å². The van der Waals surface area contributed by atoms with Gasteiger partial charge in [0, 0.05) is 6.54 Å². The Labute approximate surface area is 189 Å². The Balaban J connectivity index is 1.71. The number of carbonyl (C=O) groups is 1. The molecule has 0 saturated carbocycles. The maximum atomic E-state index is 11.8. The van der Waals surface area contributed by atoms with E-state index in [0.717, 1.165) is 5.56 Å². The first-order chi connectivity index (χ1) is 15.8. The number of hydrogen-bond donors (Lipinski definition) is 1. The van der Waals surface area contributed by atoms with Gasteiger partial charge >= 0.3 is 6.09 Å². The van der Waals surface area contributed by atoms with E-state index in [9.17, 15) is 9.18 Å². The van der Waals surface area contributed by atoms with Crippen LogP contribution in [-0.4, -0.2) is 98.6 Å². The van der Waals surface area contributed by atoms with Gasteiger partial charge in [0.2, 0.25) is 0 Å². The lowest BCUT2D eigenvalue weighted by atomic mass is 10.2. The molecule has 0 heterocycles. The molecule has 0 bridgehead atoms. The van der Waals surface area contributed by atoms with Gasteiger partial charge in [-0.2, -0.15) is 0 Å². The molecule has 1 amide bonds. The normalized spacial score (nSPS) is 10.9. The van der Waals surface area contributed by atoms with Gasteiger partial charge in [-0.25, -0.2) is 9.18 Å². The van der Waals surface area contributed by atoms with E-state index in [1.165, 1.54) is 0 Å². The number of amides is 1. The summed E-state index contributed by atoms with van der Waals surface area (Å²) in [7, 11) is 0. The fourth-order valence-electron chi connectivity index (χ4n) is 2.26. The fourth-order valence-corrected chi connectivity index (χ4v) is 2.26. The Morgan fingerprint density at radius 3 is 1.56 bits per heavy atom. The predicted molar refractivity (Wildman–Crippen MR) is 116 cm³/mol. The molecule has 9 nitrogen and oxygen atoms in total. The van der Waals surface area contributed by atoms with Crippen LogP contribution in [-0.2, 0) is 39.8 Å². The largest absolute Gasteiger partial charge is 0.445 e. The van der Waals surface area contributed by atoms with Crippen molar-refractivity contribution >= 4 is 6.09 Å². The third kappa shape index (κ3) is 18.9. The SMILES string of the molecule is O=C(NCCOCCOCCOCCOCCOCCOCCF)OCc1ccccc1. The van der Waals surface area contributed by atoms with Crippen LogP contribution in [0, 0.1) is 0 Å². The van der Waals surface area contributed by atoms with Crippen molar-refractivity contribution in [2.75, 3.05) is 92.5 Å². The first kappa shape index (κ1) is 28.2. The lowest BCUT2D eigenvalue weighted by molar-refractivity contribution is -0.0170. The Bertz CT molecular complexity index is 538. The fraction of sp³-hybridized carbons (Fsp3) is 0.682. The average Bonchev–Trinajstić information content (AvgIpc) is 2.82. The molecule has 0 spiro atoms. The van der Waals surface area contributed by atoms with Crippen LogP contribution in [0.25, 0.3) is 0 Å². The highest BCUT2D eigenvalue weighted by molar-refractivity contribution is 5.67. The Morgan fingerprint density at radius 2 is 1.09 bits per heavy atom. The highest BCUT2D eigenvalue weighted by Gasteiger charge is 2.01. The number of ether oxygens (including phenoxy) is 7. The van der Waals surface area contributed by atoms with Crippen LogP contribution >= 0.6 is 0 Å². The minimum Gasteiger partial charge on any atom is -0.445 e. The minimum absolute atomic E-state index is 0.110. The highest BCUT2D eigenvalue weighted by Crippen LogP contribution is 2.00. The summed E-state index contributed by atoms with van der Waals surface area (Å²) in [4.78, 5) is 11.6. The molecule has 0 saturated heterocycles. The topological polar surface area (TPSA) is 93.7 Å². The van der Waals surface area contributed by atoms with Gasteiger partial charge < -0.3 is 38.5 Å². The van der Waals surface area contributed by atoms with E-state index in [1.54, 1.807) is 0 Å². The molecule has 0 aliphatic carbocycles. The molecule has 0 fully saturated rings. The van der Waals surface area contributed by atoms with E-state index in [0.29, 0.717) is 79.2 Å². The smallest absolute Gasteiger partial charge is 0.407 e. The molecule has 0 atom stereocenters. The summed E-state index contributed by atoms with van der Waals surface area (Å²) in [5, 5.41) is 2.63. The van der Waals surface area contributed by atoms with Crippen molar-refractivity contribution in [1.82, 2.24) is 5.32 Å². The van der Waals surface area contributed by atoms with E-state index in [-0.39, 0.29) is 13.2 Å². The second-order valence-corrected chi connectivity index (χ2v) is 6.35. The van der Waals surface area contributed by atoms with Crippen LogP contribution in [0.3, 0.4) is 0 Å². The lowest BCUT2D eigenvalue weighted by Gasteiger charge is -2.09. The molecule has 0 unspecified atom stereocenters. The average molecular weight is 462 g/mol. The Hall–Kier alpha value is -1.82. The zero-order valence-corrected chi connectivity index (χ0v) is 18.6. The van der Waals surface area contributed by atoms with E-state index >= 15 is 0 Å². The van der Waals surface area contributed by atoms with Gasteiger partial charge in [0.25, 0.3) is 0 Å². The van der Waals surface area contributed by atoms with E-state index < -0.39 is 12.8 Å². The van der Waals surface area contributed by atoms with Gasteiger partial charge in [-0.15, -0.1) is 0 Å². The monoisotopic (exact) mass is 461 g/mol. The summed E-state index contributed by atoms with van der Waals surface area (Å²) in [6.07, 6.45) is -0.470. The summed E-state index contributed by atoms with van der Waals surface area (Å²) in [5.41, 5.74) is 0.937. The second kappa shape index (κ2) is 22.4. The van der Waals surface area contributed by atoms with Crippen molar-refractivity contribution in [2.24, 2.45) is 0 Å². The molecule has 184 valence electrons. The number of nitrogens with one attached hydrogen (secondary N) is 1. The maximum absolute atomic E-state index is 11.8. The molecule has 1 aromatic rings. The van der Waals surface area contributed by atoms with Gasteiger partial charge in [0.15, 0.2) is 0 Å². The number of carbonyl (C=O) groups excluding carboxylic acids is 1. The number of benzene rings is 1. The van der Waals surface area contributed by atoms with Crippen LogP contribution < -0.4 is 5.32 Å². The van der Waals surface area contributed by atoms with Crippen LogP contribution in [0.2, 0.25) is 0 Å². The molecule has 1 N–H and O–H groups in total. The summed E-state index contributed by atoms with van der Waals surface area (Å²) in [5.74, 6) is 0. The molecule has 1 rings (SSSR count). The number of halogens is 1. The molecule has 1 aromatic carbocycles. The van der Waals surface area contributed by atoms with Gasteiger partial charge in [0.05, 0.1) is 79.3 Å². The molecule has 0 radical (unpaired) electrons. The molecule has 10 heteroatoms. The lowest BCUT2D eigenvalue weighted by Crippen LogP contribution is -2.28. The quantitative estimate of drug-likeness (QED) is 0.262. The molecular formula is C22H36FNO8. The molecule has 0 aliphatic heterocycles. The summed E-state index contributed by atoms with van der Waals surface area (Å²) in [6.45, 7) is 5.16. The van der Waals surface area contributed by atoms with Crippen molar-refractivity contribution < 1.29 is 42.3 Å². The first-order valence-corrected chi connectivity index (χ1v) is 10.8. The minimum atomic E-state index is -0.477.